The number of pyridine rings is 1. The van der Waals surface area contributed by atoms with Gasteiger partial charge in [-0.25, -0.2) is 0 Å². The molecule has 1 atom stereocenters. The first-order chi connectivity index (χ1) is 11.7. The van der Waals surface area contributed by atoms with Crippen molar-refractivity contribution in [3.05, 3.63) is 65.5 Å². The van der Waals surface area contributed by atoms with E-state index in [2.05, 4.69) is 15.6 Å². The SMILES string of the molecule is CNC(=O)c1cccc([C@@H]2CNCCN2C(=O)c2ccccn2)c1. The van der Waals surface area contributed by atoms with Crippen LogP contribution in [0.3, 0.4) is 0 Å². The summed E-state index contributed by atoms with van der Waals surface area (Å²) in [6.45, 7) is 1.99. The van der Waals surface area contributed by atoms with Crippen molar-refractivity contribution in [2.24, 2.45) is 0 Å². The fraction of sp³-hybridized carbons (Fsp3) is 0.278. The molecule has 0 spiro atoms. The Morgan fingerprint density at radius 3 is 2.88 bits per heavy atom. The van der Waals surface area contributed by atoms with Crippen molar-refractivity contribution >= 4 is 11.8 Å². The summed E-state index contributed by atoms with van der Waals surface area (Å²) in [6, 6.07) is 12.6. The minimum Gasteiger partial charge on any atom is -0.355 e. The normalized spacial score (nSPS) is 17.4. The molecule has 0 bridgehead atoms. The average Bonchev–Trinajstić information content (AvgIpc) is 2.67. The van der Waals surface area contributed by atoms with E-state index in [1.165, 1.54) is 0 Å². The number of hydrogen-bond donors (Lipinski definition) is 2. The minimum absolute atomic E-state index is 0.0903. The standard InChI is InChI=1S/C18H20N4O2/c1-19-17(23)14-6-4-5-13(11-14)16-12-20-9-10-22(16)18(24)15-7-2-3-8-21-15/h2-8,11,16,20H,9-10,12H2,1H3,(H,19,23)/t16-/m0/s1. The molecule has 1 aliphatic rings. The van der Waals surface area contributed by atoms with Crippen LogP contribution in [-0.4, -0.2) is 48.4 Å². The Bertz CT molecular complexity index is 733. The fourth-order valence-electron chi connectivity index (χ4n) is 2.91. The van der Waals surface area contributed by atoms with Crippen LogP contribution in [0.25, 0.3) is 0 Å². The van der Waals surface area contributed by atoms with Crippen LogP contribution in [0, 0.1) is 0 Å². The summed E-state index contributed by atoms with van der Waals surface area (Å²) in [7, 11) is 1.61. The molecule has 1 aromatic heterocycles. The van der Waals surface area contributed by atoms with Gasteiger partial charge in [0, 0.05) is 38.4 Å². The molecule has 24 heavy (non-hydrogen) atoms. The Morgan fingerprint density at radius 1 is 1.25 bits per heavy atom. The quantitative estimate of drug-likeness (QED) is 0.890. The van der Waals surface area contributed by atoms with Crippen molar-refractivity contribution in [3.63, 3.8) is 0 Å². The lowest BCUT2D eigenvalue weighted by Gasteiger charge is -2.36. The summed E-state index contributed by atoms with van der Waals surface area (Å²) in [5.41, 5.74) is 1.96. The van der Waals surface area contributed by atoms with Crippen LogP contribution in [0.1, 0.15) is 32.5 Å². The second-order valence-electron chi connectivity index (χ2n) is 5.64. The molecule has 6 nitrogen and oxygen atoms in total. The lowest BCUT2D eigenvalue weighted by Crippen LogP contribution is -2.48. The molecule has 1 aliphatic heterocycles. The smallest absolute Gasteiger partial charge is 0.273 e. The van der Waals surface area contributed by atoms with Crippen LogP contribution in [0.2, 0.25) is 0 Å². The average molecular weight is 324 g/mol. The van der Waals surface area contributed by atoms with Crippen LogP contribution < -0.4 is 10.6 Å². The summed E-state index contributed by atoms with van der Waals surface area (Å²) in [5.74, 6) is -0.226. The Balaban J connectivity index is 1.90. The Morgan fingerprint density at radius 2 is 2.12 bits per heavy atom. The van der Waals surface area contributed by atoms with Crippen molar-refractivity contribution in [3.8, 4) is 0 Å². The van der Waals surface area contributed by atoms with Crippen molar-refractivity contribution in [1.82, 2.24) is 20.5 Å². The third-order valence-electron chi connectivity index (χ3n) is 4.15. The van der Waals surface area contributed by atoms with E-state index in [9.17, 15) is 9.59 Å². The molecule has 0 saturated carbocycles. The number of carbonyl (C=O) groups is 2. The fourth-order valence-corrected chi connectivity index (χ4v) is 2.91. The van der Waals surface area contributed by atoms with E-state index >= 15 is 0 Å². The van der Waals surface area contributed by atoms with Gasteiger partial charge in [0.25, 0.3) is 11.8 Å². The van der Waals surface area contributed by atoms with Gasteiger partial charge in [-0.2, -0.15) is 0 Å². The number of nitrogens with zero attached hydrogens (tertiary/aromatic N) is 2. The number of nitrogens with one attached hydrogen (secondary N) is 2. The molecule has 1 saturated heterocycles. The summed E-state index contributed by atoms with van der Waals surface area (Å²) < 4.78 is 0. The number of carbonyl (C=O) groups excluding carboxylic acids is 2. The monoisotopic (exact) mass is 324 g/mol. The number of amides is 2. The number of piperazine rings is 1. The van der Waals surface area contributed by atoms with E-state index in [-0.39, 0.29) is 17.9 Å². The van der Waals surface area contributed by atoms with E-state index < -0.39 is 0 Å². The van der Waals surface area contributed by atoms with Crippen molar-refractivity contribution in [2.75, 3.05) is 26.7 Å². The molecule has 2 aromatic rings. The Hall–Kier alpha value is -2.73. The molecule has 0 aliphatic carbocycles. The van der Waals surface area contributed by atoms with E-state index in [4.69, 9.17) is 0 Å². The highest BCUT2D eigenvalue weighted by Gasteiger charge is 2.29. The van der Waals surface area contributed by atoms with Crippen molar-refractivity contribution < 1.29 is 9.59 Å². The van der Waals surface area contributed by atoms with Gasteiger partial charge in [-0.1, -0.05) is 18.2 Å². The van der Waals surface area contributed by atoms with Gasteiger partial charge in [0.1, 0.15) is 5.69 Å². The first-order valence-electron chi connectivity index (χ1n) is 7.95. The van der Waals surface area contributed by atoms with Crippen LogP contribution in [0.4, 0.5) is 0 Å². The lowest BCUT2D eigenvalue weighted by molar-refractivity contribution is 0.0628. The summed E-state index contributed by atoms with van der Waals surface area (Å²) in [6.07, 6.45) is 1.62. The van der Waals surface area contributed by atoms with Crippen molar-refractivity contribution in [1.29, 1.82) is 0 Å². The van der Waals surface area contributed by atoms with Gasteiger partial charge < -0.3 is 15.5 Å². The first-order valence-corrected chi connectivity index (χ1v) is 7.95. The minimum atomic E-state index is -0.136. The molecule has 3 rings (SSSR count). The van der Waals surface area contributed by atoms with Crippen LogP contribution in [-0.2, 0) is 0 Å². The highest BCUT2D eigenvalue weighted by Crippen LogP contribution is 2.24. The molecule has 6 heteroatoms. The van der Waals surface area contributed by atoms with E-state index in [0.717, 1.165) is 12.1 Å². The van der Waals surface area contributed by atoms with Gasteiger partial charge in [-0.05, 0) is 29.8 Å². The van der Waals surface area contributed by atoms with Gasteiger partial charge in [-0.15, -0.1) is 0 Å². The molecule has 1 fully saturated rings. The van der Waals surface area contributed by atoms with Gasteiger partial charge in [0.05, 0.1) is 6.04 Å². The zero-order valence-corrected chi connectivity index (χ0v) is 13.5. The van der Waals surface area contributed by atoms with E-state index in [1.807, 2.05) is 29.2 Å². The third kappa shape index (κ3) is 3.28. The van der Waals surface area contributed by atoms with Gasteiger partial charge in [0.2, 0.25) is 0 Å². The van der Waals surface area contributed by atoms with E-state index in [0.29, 0.717) is 24.3 Å². The van der Waals surface area contributed by atoms with Gasteiger partial charge in [-0.3, -0.25) is 14.6 Å². The second-order valence-corrected chi connectivity index (χ2v) is 5.64. The maximum Gasteiger partial charge on any atom is 0.273 e. The molecule has 2 amide bonds. The van der Waals surface area contributed by atoms with Gasteiger partial charge >= 0.3 is 0 Å². The highest BCUT2D eigenvalue weighted by molar-refractivity contribution is 5.94. The molecular weight excluding hydrogens is 304 g/mol. The predicted octanol–water partition coefficient (Wildman–Crippen LogP) is 1.23. The second kappa shape index (κ2) is 7.23. The largest absolute Gasteiger partial charge is 0.355 e. The zero-order chi connectivity index (χ0) is 16.9. The number of aromatic nitrogens is 1. The predicted molar refractivity (Wildman–Crippen MR) is 90.7 cm³/mol. The summed E-state index contributed by atoms with van der Waals surface area (Å²) in [5, 5.41) is 5.94. The molecule has 0 unspecified atom stereocenters. The van der Waals surface area contributed by atoms with Crippen LogP contribution in [0.5, 0.6) is 0 Å². The summed E-state index contributed by atoms with van der Waals surface area (Å²) >= 11 is 0. The Kier molecular flexibility index (Phi) is 4.86. The topological polar surface area (TPSA) is 74.3 Å². The van der Waals surface area contributed by atoms with Crippen LogP contribution in [0.15, 0.2) is 48.7 Å². The maximum atomic E-state index is 12.8. The molecule has 124 valence electrons. The molecular formula is C18H20N4O2. The zero-order valence-electron chi connectivity index (χ0n) is 13.5. The Labute approximate surface area is 140 Å². The van der Waals surface area contributed by atoms with Crippen molar-refractivity contribution in [2.45, 2.75) is 6.04 Å². The summed E-state index contributed by atoms with van der Waals surface area (Å²) in [4.78, 5) is 30.7. The molecule has 0 radical (unpaired) electrons. The number of rotatable bonds is 3. The first kappa shape index (κ1) is 16.1. The maximum absolute atomic E-state index is 12.8. The molecule has 2 N–H and O–H groups in total. The highest BCUT2D eigenvalue weighted by atomic mass is 16.2. The molecule has 1 aromatic carbocycles. The van der Waals surface area contributed by atoms with Gasteiger partial charge in [0.15, 0.2) is 0 Å². The molecule has 2 heterocycles. The van der Waals surface area contributed by atoms with Crippen LogP contribution >= 0.6 is 0 Å². The number of benzene rings is 1. The third-order valence-corrected chi connectivity index (χ3v) is 4.15. The number of hydrogen-bond acceptors (Lipinski definition) is 4. The van der Waals surface area contributed by atoms with E-state index in [1.54, 1.807) is 31.4 Å². The lowest BCUT2D eigenvalue weighted by atomic mass is 10.00.